The molecule has 82 valence electrons. The summed E-state index contributed by atoms with van der Waals surface area (Å²) in [6, 6.07) is -0.457. The molecule has 0 unspecified atom stereocenters. The highest BCUT2D eigenvalue weighted by Crippen LogP contribution is 2.08. The van der Waals surface area contributed by atoms with Gasteiger partial charge < -0.3 is 10.4 Å². The molecule has 0 aromatic carbocycles. The minimum Gasteiger partial charge on any atom is -0.480 e. The SMILES string of the molecule is C/C=C(/CC)N[C@H](CC(C)C)C(=O)O. The van der Waals surface area contributed by atoms with E-state index in [2.05, 4.69) is 5.32 Å². The highest BCUT2D eigenvalue weighted by Gasteiger charge is 2.18. The van der Waals surface area contributed by atoms with Gasteiger partial charge >= 0.3 is 5.97 Å². The van der Waals surface area contributed by atoms with Crippen LogP contribution in [0.15, 0.2) is 11.8 Å². The third-order valence-corrected chi connectivity index (χ3v) is 2.09. The summed E-state index contributed by atoms with van der Waals surface area (Å²) in [6.45, 7) is 7.98. The first-order valence-electron chi connectivity index (χ1n) is 5.15. The molecule has 0 radical (unpaired) electrons. The zero-order chi connectivity index (χ0) is 11.1. The summed E-state index contributed by atoms with van der Waals surface area (Å²) >= 11 is 0. The second-order valence-corrected chi connectivity index (χ2v) is 3.83. The van der Waals surface area contributed by atoms with Crippen LogP contribution >= 0.6 is 0 Å². The van der Waals surface area contributed by atoms with Crippen LogP contribution in [0.2, 0.25) is 0 Å². The van der Waals surface area contributed by atoms with Gasteiger partial charge in [0.1, 0.15) is 6.04 Å². The zero-order valence-electron chi connectivity index (χ0n) is 9.50. The van der Waals surface area contributed by atoms with Crippen LogP contribution in [0.1, 0.15) is 40.5 Å². The molecular formula is C11H21NO2. The van der Waals surface area contributed by atoms with Crippen molar-refractivity contribution < 1.29 is 9.90 Å². The highest BCUT2D eigenvalue weighted by molar-refractivity contribution is 5.73. The summed E-state index contributed by atoms with van der Waals surface area (Å²) in [6.07, 6.45) is 3.43. The number of hydrogen-bond donors (Lipinski definition) is 2. The number of rotatable bonds is 6. The minimum atomic E-state index is -0.772. The summed E-state index contributed by atoms with van der Waals surface area (Å²) in [7, 11) is 0. The van der Waals surface area contributed by atoms with Crippen LogP contribution < -0.4 is 5.32 Å². The van der Waals surface area contributed by atoms with E-state index in [1.165, 1.54) is 0 Å². The Labute approximate surface area is 86.2 Å². The smallest absolute Gasteiger partial charge is 0.326 e. The molecule has 1 atom stereocenters. The first kappa shape index (κ1) is 13.0. The van der Waals surface area contributed by atoms with Crippen molar-refractivity contribution in [1.82, 2.24) is 5.32 Å². The van der Waals surface area contributed by atoms with Crippen molar-refractivity contribution in [1.29, 1.82) is 0 Å². The Hall–Kier alpha value is -0.990. The van der Waals surface area contributed by atoms with Crippen molar-refractivity contribution in [2.45, 2.75) is 46.6 Å². The van der Waals surface area contributed by atoms with E-state index in [9.17, 15) is 4.79 Å². The average Bonchev–Trinajstić information content (AvgIpc) is 2.11. The van der Waals surface area contributed by atoms with Gasteiger partial charge in [-0.15, -0.1) is 0 Å². The van der Waals surface area contributed by atoms with Gasteiger partial charge in [0.25, 0.3) is 0 Å². The van der Waals surface area contributed by atoms with Crippen molar-refractivity contribution in [3.63, 3.8) is 0 Å². The molecule has 0 rings (SSSR count). The standard InChI is InChI=1S/C11H21NO2/c1-5-9(6-2)12-10(11(13)14)7-8(3)4/h5,8,10,12H,6-7H2,1-4H3,(H,13,14)/b9-5-/t10-/m1/s1. The van der Waals surface area contributed by atoms with E-state index in [1.54, 1.807) is 0 Å². The van der Waals surface area contributed by atoms with Gasteiger partial charge in [0.15, 0.2) is 0 Å². The van der Waals surface area contributed by atoms with Crippen molar-refractivity contribution >= 4 is 5.97 Å². The molecule has 0 aliphatic heterocycles. The summed E-state index contributed by atoms with van der Waals surface area (Å²) in [5.41, 5.74) is 0.998. The second kappa shape index (κ2) is 6.46. The molecule has 0 spiro atoms. The van der Waals surface area contributed by atoms with Gasteiger partial charge in [-0.3, -0.25) is 0 Å². The molecule has 0 bridgehead atoms. The Kier molecular flexibility index (Phi) is 6.00. The number of carbonyl (C=O) groups is 1. The number of hydrogen-bond acceptors (Lipinski definition) is 2. The Balaban J connectivity index is 4.29. The van der Waals surface area contributed by atoms with Crippen LogP contribution in [0.3, 0.4) is 0 Å². The molecule has 0 saturated carbocycles. The molecule has 0 aromatic rings. The van der Waals surface area contributed by atoms with E-state index in [4.69, 9.17) is 5.11 Å². The maximum atomic E-state index is 10.9. The number of allylic oxidation sites excluding steroid dienone is 2. The minimum absolute atomic E-state index is 0.388. The summed E-state index contributed by atoms with van der Waals surface area (Å²) in [5, 5.41) is 12.0. The van der Waals surface area contributed by atoms with E-state index in [0.717, 1.165) is 12.1 Å². The van der Waals surface area contributed by atoms with E-state index < -0.39 is 12.0 Å². The van der Waals surface area contributed by atoms with E-state index in [0.29, 0.717) is 12.3 Å². The monoisotopic (exact) mass is 199 g/mol. The normalized spacial score (nSPS) is 14.2. The van der Waals surface area contributed by atoms with Crippen molar-refractivity contribution in [2.24, 2.45) is 5.92 Å². The lowest BCUT2D eigenvalue weighted by Crippen LogP contribution is -2.37. The summed E-state index contributed by atoms with van der Waals surface area (Å²) in [4.78, 5) is 10.9. The Morgan fingerprint density at radius 2 is 2.07 bits per heavy atom. The summed E-state index contributed by atoms with van der Waals surface area (Å²) in [5.74, 6) is -0.384. The molecule has 14 heavy (non-hydrogen) atoms. The van der Waals surface area contributed by atoms with Gasteiger partial charge in [-0.05, 0) is 25.7 Å². The Morgan fingerprint density at radius 1 is 1.50 bits per heavy atom. The molecule has 0 amide bonds. The van der Waals surface area contributed by atoms with Crippen LogP contribution in [-0.4, -0.2) is 17.1 Å². The van der Waals surface area contributed by atoms with Crippen LogP contribution in [-0.2, 0) is 4.79 Å². The fraction of sp³-hybridized carbons (Fsp3) is 0.727. The fourth-order valence-electron chi connectivity index (χ4n) is 1.31. The molecular weight excluding hydrogens is 178 g/mol. The van der Waals surface area contributed by atoms with Gasteiger partial charge in [0.05, 0.1) is 0 Å². The molecule has 0 aliphatic carbocycles. The van der Waals surface area contributed by atoms with E-state index >= 15 is 0 Å². The molecule has 0 heterocycles. The predicted molar refractivity (Wildman–Crippen MR) is 58.1 cm³/mol. The van der Waals surface area contributed by atoms with Gasteiger partial charge in [0.2, 0.25) is 0 Å². The number of carboxylic acid groups (broad SMARTS) is 1. The molecule has 0 aliphatic rings. The van der Waals surface area contributed by atoms with Crippen LogP contribution in [0.4, 0.5) is 0 Å². The molecule has 0 aromatic heterocycles. The van der Waals surface area contributed by atoms with Gasteiger partial charge in [-0.1, -0.05) is 26.8 Å². The summed E-state index contributed by atoms with van der Waals surface area (Å²) < 4.78 is 0. The van der Waals surface area contributed by atoms with E-state index in [1.807, 2.05) is 33.8 Å². The lowest BCUT2D eigenvalue weighted by molar-refractivity contribution is -0.139. The van der Waals surface area contributed by atoms with Crippen molar-refractivity contribution in [3.05, 3.63) is 11.8 Å². The third kappa shape index (κ3) is 4.90. The first-order chi connectivity index (χ1) is 6.51. The molecule has 0 saturated heterocycles. The van der Waals surface area contributed by atoms with Crippen LogP contribution in [0.5, 0.6) is 0 Å². The molecule has 2 N–H and O–H groups in total. The average molecular weight is 199 g/mol. The molecule has 3 nitrogen and oxygen atoms in total. The maximum Gasteiger partial charge on any atom is 0.326 e. The Bertz CT molecular complexity index is 209. The Morgan fingerprint density at radius 3 is 2.36 bits per heavy atom. The molecule has 3 heteroatoms. The number of aliphatic carboxylic acids is 1. The highest BCUT2D eigenvalue weighted by atomic mass is 16.4. The number of carboxylic acids is 1. The van der Waals surface area contributed by atoms with Crippen LogP contribution in [0, 0.1) is 5.92 Å². The molecule has 0 fully saturated rings. The predicted octanol–water partition coefficient (Wildman–Crippen LogP) is 2.39. The van der Waals surface area contributed by atoms with Crippen molar-refractivity contribution in [2.75, 3.05) is 0 Å². The quantitative estimate of drug-likeness (QED) is 0.690. The van der Waals surface area contributed by atoms with E-state index in [-0.39, 0.29) is 0 Å². The largest absolute Gasteiger partial charge is 0.480 e. The lowest BCUT2D eigenvalue weighted by Gasteiger charge is -2.18. The van der Waals surface area contributed by atoms with Crippen LogP contribution in [0.25, 0.3) is 0 Å². The van der Waals surface area contributed by atoms with Crippen molar-refractivity contribution in [3.8, 4) is 0 Å². The topological polar surface area (TPSA) is 49.3 Å². The third-order valence-electron chi connectivity index (χ3n) is 2.09. The maximum absolute atomic E-state index is 10.9. The number of nitrogens with one attached hydrogen (secondary N) is 1. The van der Waals surface area contributed by atoms with Gasteiger partial charge in [-0.2, -0.15) is 0 Å². The van der Waals surface area contributed by atoms with Gasteiger partial charge in [0, 0.05) is 5.70 Å². The van der Waals surface area contributed by atoms with Gasteiger partial charge in [-0.25, -0.2) is 4.79 Å². The lowest BCUT2D eigenvalue weighted by atomic mass is 10.0. The second-order valence-electron chi connectivity index (χ2n) is 3.83. The first-order valence-corrected chi connectivity index (χ1v) is 5.15. The fourth-order valence-corrected chi connectivity index (χ4v) is 1.31. The zero-order valence-corrected chi connectivity index (χ0v) is 9.50.